The van der Waals surface area contributed by atoms with Crippen molar-refractivity contribution in [3.8, 4) is 0 Å². The Morgan fingerprint density at radius 2 is 2.11 bits per heavy atom. The number of hydrogen-bond donors (Lipinski definition) is 1. The number of methoxy groups -OCH3 is 1. The van der Waals surface area contributed by atoms with E-state index in [1.165, 1.54) is 11.5 Å². The fourth-order valence-electron chi connectivity index (χ4n) is 1.62. The lowest BCUT2D eigenvalue weighted by Gasteiger charge is -2.17. The Bertz CT molecular complexity index is 328. The van der Waals surface area contributed by atoms with Gasteiger partial charge in [0.25, 0.3) is 0 Å². The molecule has 0 amide bonds. The van der Waals surface area contributed by atoms with Crippen LogP contribution in [0, 0.1) is 0 Å². The molecule has 1 rings (SSSR count). The van der Waals surface area contributed by atoms with E-state index in [2.05, 4.69) is 33.4 Å². The molecule has 18 heavy (non-hydrogen) atoms. The molecule has 1 aromatic heterocycles. The minimum atomic E-state index is -0.0347. The molecule has 104 valence electrons. The molecule has 1 heterocycles. The summed E-state index contributed by atoms with van der Waals surface area (Å²) in [5.74, 6) is 0.758. The van der Waals surface area contributed by atoms with E-state index in [-0.39, 0.29) is 6.10 Å². The Morgan fingerprint density at radius 1 is 1.39 bits per heavy atom. The molecule has 1 unspecified atom stereocenters. The van der Waals surface area contributed by atoms with E-state index in [1.807, 2.05) is 6.92 Å². The number of nitrogens with zero attached hydrogens (tertiary/aromatic N) is 3. The highest BCUT2D eigenvalue weighted by atomic mass is 32.1. The van der Waals surface area contributed by atoms with Crippen LogP contribution in [0.5, 0.6) is 0 Å². The van der Waals surface area contributed by atoms with E-state index >= 15 is 0 Å². The van der Waals surface area contributed by atoms with E-state index in [0.717, 1.165) is 43.6 Å². The number of nitrogens with one attached hydrogen (secondary N) is 1. The highest BCUT2D eigenvalue weighted by Crippen LogP contribution is 2.17. The SMILES string of the molecule is CCN(CC)CCCNc1nc(C(C)OC)ns1. The first-order chi connectivity index (χ1) is 8.71. The van der Waals surface area contributed by atoms with Gasteiger partial charge in [0.15, 0.2) is 5.82 Å². The van der Waals surface area contributed by atoms with Crippen LogP contribution >= 0.6 is 11.5 Å². The van der Waals surface area contributed by atoms with Crippen LogP contribution in [0.25, 0.3) is 0 Å². The third-order valence-electron chi connectivity index (χ3n) is 2.98. The standard InChI is InChI=1S/C12H24N4OS/c1-5-16(6-2)9-7-8-13-12-14-11(15-18-12)10(3)17-4/h10H,5-9H2,1-4H3,(H,13,14,15). The largest absolute Gasteiger partial charge is 0.374 e. The van der Waals surface area contributed by atoms with Gasteiger partial charge in [-0.1, -0.05) is 13.8 Å². The van der Waals surface area contributed by atoms with E-state index in [1.54, 1.807) is 7.11 Å². The van der Waals surface area contributed by atoms with Gasteiger partial charge in [-0.05, 0) is 33.0 Å². The topological polar surface area (TPSA) is 50.3 Å². The average Bonchev–Trinajstić information content (AvgIpc) is 2.87. The Kier molecular flexibility index (Phi) is 7.15. The van der Waals surface area contributed by atoms with Crippen molar-refractivity contribution >= 4 is 16.7 Å². The molecular weight excluding hydrogens is 248 g/mol. The van der Waals surface area contributed by atoms with Gasteiger partial charge in [-0.25, -0.2) is 4.98 Å². The third-order valence-corrected chi connectivity index (χ3v) is 3.67. The molecule has 5 nitrogen and oxygen atoms in total. The molecule has 0 aliphatic carbocycles. The summed E-state index contributed by atoms with van der Waals surface area (Å²) in [6.07, 6.45) is 1.09. The molecule has 0 spiro atoms. The predicted molar refractivity (Wildman–Crippen MR) is 76.2 cm³/mol. The first kappa shape index (κ1) is 15.3. The molecule has 0 fully saturated rings. The summed E-state index contributed by atoms with van der Waals surface area (Å²) in [6, 6.07) is 0. The van der Waals surface area contributed by atoms with Crippen LogP contribution in [0.15, 0.2) is 0 Å². The first-order valence-electron chi connectivity index (χ1n) is 6.53. The summed E-state index contributed by atoms with van der Waals surface area (Å²) < 4.78 is 9.45. The second-order valence-electron chi connectivity index (χ2n) is 4.14. The molecular formula is C12H24N4OS. The fraction of sp³-hybridized carbons (Fsp3) is 0.833. The predicted octanol–water partition coefficient (Wildman–Crippen LogP) is 2.39. The second-order valence-corrected chi connectivity index (χ2v) is 4.89. The molecule has 0 bridgehead atoms. The zero-order valence-electron chi connectivity index (χ0n) is 11.8. The molecule has 6 heteroatoms. The van der Waals surface area contributed by atoms with Crippen LogP contribution in [0.2, 0.25) is 0 Å². The van der Waals surface area contributed by atoms with Crippen molar-refractivity contribution in [3.05, 3.63) is 5.82 Å². The Hall–Kier alpha value is -0.720. The lowest BCUT2D eigenvalue weighted by Crippen LogP contribution is -2.25. The van der Waals surface area contributed by atoms with E-state index < -0.39 is 0 Å². The number of rotatable bonds is 9. The van der Waals surface area contributed by atoms with E-state index in [9.17, 15) is 0 Å². The monoisotopic (exact) mass is 272 g/mol. The summed E-state index contributed by atoms with van der Waals surface area (Å²) in [5, 5.41) is 4.19. The molecule has 0 aliphatic rings. The van der Waals surface area contributed by atoms with Crippen molar-refractivity contribution in [3.63, 3.8) is 0 Å². The Balaban J connectivity index is 2.25. The van der Waals surface area contributed by atoms with Crippen LogP contribution in [0.1, 0.15) is 39.1 Å². The minimum absolute atomic E-state index is 0.0347. The quantitative estimate of drug-likeness (QED) is 0.700. The third kappa shape index (κ3) is 4.88. The number of ether oxygens (including phenoxy) is 1. The maximum absolute atomic E-state index is 5.18. The smallest absolute Gasteiger partial charge is 0.202 e. The van der Waals surface area contributed by atoms with Crippen molar-refractivity contribution in [2.45, 2.75) is 33.3 Å². The van der Waals surface area contributed by atoms with Crippen molar-refractivity contribution in [2.24, 2.45) is 0 Å². The fourth-order valence-corrected chi connectivity index (χ4v) is 2.29. The molecule has 0 saturated heterocycles. The molecule has 1 aromatic rings. The second kappa shape index (κ2) is 8.39. The first-order valence-corrected chi connectivity index (χ1v) is 7.31. The lowest BCUT2D eigenvalue weighted by atomic mass is 10.3. The highest BCUT2D eigenvalue weighted by Gasteiger charge is 2.10. The van der Waals surface area contributed by atoms with E-state index in [4.69, 9.17) is 4.74 Å². The van der Waals surface area contributed by atoms with Gasteiger partial charge in [0.1, 0.15) is 6.10 Å². The van der Waals surface area contributed by atoms with Crippen molar-refractivity contribution in [1.29, 1.82) is 0 Å². The molecule has 1 N–H and O–H groups in total. The molecule has 0 radical (unpaired) electrons. The minimum Gasteiger partial charge on any atom is -0.374 e. The number of aromatic nitrogens is 2. The van der Waals surface area contributed by atoms with Gasteiger partial charge in [0, 0.05) is 25.2 Å². The zero-order chi connectivity index (χ0) is 13.4. The molecule has 1 atom stereocenters. The van der Waals surface area contributed by atoms with Crippen molar-refractivity contribution < 1.29 is 4.74 Å². The summed E-state index contributed by atoms with van der Waals surface area (Å²) in [7, 11) is 1.67. The Morgan fingerprint density at radius 3 is 2.72 bits per heavy atom. The van der Waals surface area contributed by atoms with Gasteiger partial charge in [0.05, 0.1) is 0 Å². The Labute approximate surface area is 114 Å². The van der Waals surface area contributed by atoms with Gasteiger partial charge in [-0.15, -0.1) is 0 Å². The zero-order valence-corrected chi connectivity index (χ0v) is 12.6. The normalized spacial score (nSPS) is 12.9. The van der Waals surface area contributed by atoms with Gasteiger partial charge < -0.3 is 15.0 Å². The molecule has 0 aromatic carbocycles. The maximum atomic E-state index is 5.18. The van der Waals surface area contributed by atoms with Crippen molar-refractivity contribution in [1.82, 2.24) is 14.3 Å². The van der Waals surface area contributed by atoms with Gasteiger partial charge in [-0.2, -0.15) is 4.37 Å². The summed E-state index contributed by atoms with van der Waals surface area (Å²) in [6.45, 7) is 10.6. The number of hydrogen-bond acceptors (Lipinski definition) is 6. The lowest BCUT2D eigenvalue weighted by molar-refractivity contribution is 0.113. The van der Waals surface area contributed by atoms with E-state index in [0.29, 0.717) is 0 Å². The summed E-state index contributed by atoms with van der Waals surface area (Å²) in [5.41, 5.74) is 0. The average molecular weight is 272 g/mol. The summed E-state index contributed by atoms with van der Waals surface area (Å²) >= 11 is 1.40. The van der Waals surface area contributed by atoms with Gasteiger partial charge in [0.2, 0.25) is 5.13 Å². The van der Waals surface area contributed by atoms with Crippen LogP contribution in [-0.4, -0.2) is 47.5 Å². The van der Waals surface area contributed by atoms with Crippen LogP contribution < -0.4 is 5.32 Å². The highest BCUT2D eigenvalue weighted by molar-refractivity contribution is 7.09. The van der Waals surface area contributed by atoms with Crippen LogP contribution in [0.4, 0.5) is 5.13 Å². The van der Waals surface area contributed by atoms with Crippen LogP contribution in [0.3, 0.4) is 0 Å². The van der Waals surface area contributed by atoms with Crippen molar-refractivity contribution in [2.75, 3.05) is 38.6 Å². The summed E-state index contributed by atoms with van der Waals surface area (Å²) in [4.78, 5) is 6.81. The van der Waals surface area contributed by atoms with Gasteiger partial charge >= 0.3 is 0 Å². The maximum Gasteiger partial charge on any atom is 0.202 e. The molecule has 0 saturated carbocycles. The van der Waals surface area contributed by atoms with Gasteiger partial charge in [-0.3, -0.25) is 0 Å². The molecule has 0 aliphatic heterocycles. The number of anilines is 1. The van der Waals surface area contributed by atoms with Crippen LogP contribution in [-0.2, 0) is 4.74 Å².